The van der Waals surface area contributed by atoms with E-state index >= 15 is 0 Å². The maximum Gasteiger partial charge on any atom is 0.409 e. The lowest BCUT2D eigenvalue weighted by atomic mass is 10.1. The van der Waals surface area contributed by atoms with Crippen LogP contribution in [-0.2, 0) is 9.53 Å². The Labute approximate surface area is 88.8 Å². The number of hydrogen-bond acceptors (Lipinski definition) is 3. The van der Waals surface area contributed by atoms with Crippen molar-refractivity contribution in [2.75, 3.05) is 0 Å². The molecule has 0 unspecified atom stereocenters. The fraction of sp³-hybridized carbons (Fsp3) is 0.600. The van der Waals surface area contributed by atoms with E-state index in [9.17, 15) is 9.59 Å². The van der Waals surface area contributed by atoms with Crippen molar-refractivity contribution in [1.29, 1.82) is 0 Å². The van der Waals surface area contributed by atoms with Crippen molar-refractivity contribution in [3.8, 4) is 12.3 Å². The number of ether oxygens (including phenoxy) is 1. The van der Waals surface area contributed by atoms with Crippen LogP contribution in [0.4, 0.5) is 4.79 Å². The highest BCUT2D eigenvalue weighted by Gasteiger charge is 2.34. The van der Waals surface area contributed by atoms with Gasteiger partial charge in [0.2, 0.25) is 0 Å². The number of carboxylic acid groups (broad SMARTS) is 1. The summed E-state index contributed by atoms with van der Waals surface area (Å²) in [6.45, 7) is 6.21. The van der Waals surface area contributed by atoms with E-state index in [1.54, 1.807) is 20.8 Å². The molecular formula is C10H15NO4. The number of alkyl carbamates (subject to hydrolysis) is 1. The van der Waals surface area contributed by atoms with Gasteiger partial charge in [0.15, 0.2) is 5.54 Å². The Bertz CT molecular complexity index is 310. The molecular weight excluding hydrogens is 198 g/mol. The number of amides is 1. The third kappa shape index (κ3) is 4.36. The average Bonchev–Trinajstić information content (AvgIpc) is 1.99. The summed E-state index contributed by atoms with van der Waals surface area (Å²) in [5.41, 5.74) is -2.44. The Kier molecular flexibility index (Phi) is 3.74. The smallest absolute Gasteiger partial charge is 0.409 e. The highest BCUT2D eigenvalue weighted by Crippen LogP contribution is 2.09. The fourth-order valence-electron chi connectivity index (χ4n) is 0.659. The van der Waals surface area contributed by atoms with Crippen LogP contribution in [0.15, 0.2) is 0 Å². The van der Waals surface area contributed by atoms with E-state index in [-0.39, 0.29) is 0 Å². The number of carboxylic acids is 1. The quantitative estimate of drug-likeness (QED) is 0.670. The Morgan fingerprint density at radius 2 is 1.80 bits per heavy atom. The summed E-state index contributed by atoms with van der Waals surface area (Å²) in [7, 11) is 0. The van der Waals surface area contributed by atoms with Gasteiger partial charge in [-0.2, -0.15) is 0 Å². The van der Waals surface area contributed by atoms with Crippen molar-refractivity contribution >= 4 is 12.1 Å². The molecule has 0 aromatic carbocycles. The first-order valence-electron chi connectivity index (χ1n) is 4.33. The third-order valence-corrected chi connectivity index (χ3v) is 1.47. The molecule has 0 radical (unpaired) electrons. The van der Waals surface area contributed by atoms with E-state index < -0.39 is 23.2 Å². The molecule has 84 valence electrons. The first kappa shape index (κ1) is 13.3. The van der Waals surface area contributed by atoms with E-state index in [0.717, 1.165) is 0 Å². The Morgan fingerprint density at radius 3 is 2.07 bits per heavy atom. The molecule has 15 heavy (non-hydrogen) atoms. The fourth-order valence-corrected chi connectivity index (χ4v) is 0.659. The van der Waals surface area contributed by atoms with Crippen LogP contribution in [0, 0.1) is 12.3 Å². The summed E-state index contributed by atoms with van der Waals surface area (Å²) < 4.78 is 4.88. The highest BCUT2D eigenvalue weighted by molar-refractivity contribution is 5.87. The highest BCUT2D eigenvalue weighted by atomic mass is 16.6. The van der Waals surface area contributed by atoms with Crippen LogP contribution >= 0.6 is 0 Å². The average molecular weight is 213 g/mol. The van der Waals surface area contributed by atoms with Crippen molar-refractivity contribution in [3.05, 3.63) is 0 Å². The first-order chi connectivity index (χ1) is 6.60. The van der Waals surface area contributed by atoms with Gasteiger partial charge in [-0.15, -0.1) is 6.42 Å². The second-order valence-electron chi connectivity index (χ2n) is 4.20. The number of terminal acetylenes is 1. The predicted octanol–water partition coefficient (Wildman–Crippen LogP) is 0.988. The predicted molar refractivity (Wildman–Crippen MR) is 54.2 cm³/mol. The molecule has 5 nitrogen and oxygen atoms in total. The molecule has 0 spiro atoms. The Hall–Kier alpha value is -1.70. The van der Waals surface area contributed by atoms with Crippen molar-refractivity contribution in [3.63, 3.8) is 0 Å². The SMILES string of the molecule is C#C[C@](C)(NC(=O)OC(C)(C)C)C(=O)O. The molecule has 1 atom stereocenters. The normalized spacial score (nSPS) is 14.6. The van der Waals surface area contributed by atoms with Gasteiger partial charge < -0.3 is 9.84 Å². The molecule has 0 heterocycles. The van der Waals surface area contributed by atoms with E-state index in [0.29, 0.717) is 0 Å². The molecule has 0 aliphatic carbocycles. The zero-order chi connectivity index (χ0) is 12.3. The Morgan fingerprint density at radius 1 is 1.33 bits per heavy atom. The second kappa shape index (κ2) is 4.22. The van der Waals surface area contributed by atoms with Gasteiger partial charge in [0.25, 0.3) is 0 Å². The van der Waals surface area contributed by atoms with Crippen LogP contribution in [0.5, 0.6) is 0 Å². The monoisotopic (exact) mass is 213 g/mol. The molecule has 0 aliphatic heterocycles. The Balaban J connectivity index is 4.55. The summed E-state index contributed by atoms with van der Waals surface area (Å²) in [6.07, 6.45) is 4.16. The number of carbonyl (C=O) groups excluding carboxylic acids is 1. The molecule has 5 heteroatoms. The van der Waals surface area contributed by atoms with Crippen LogP contribution < -0.4 is 5.32 Å². The standard InChI is InChI=1S/C10H15NO4/c1-6-10(5,7(12)13)11-8(14)15-9(2,3)4/h1H,2-5H3,(H,11,14)(H,12,13)/t10-/m0/s1. The molecule has 0 fully saturated rings. The third-order valence-electron chi connectivity index (χ3n) is 1.47. The van der Waals surface area contributed by atoms with E-state index in [1.165, 1.54) is 6.92 Å². The lowest BCUT2D eigenvalue weighted by molar-refractivity contribution is -0.141. The van der Waals surface area contributed by atoms with Gasteiger partial charge in [0.1, 0.15) is 5.60 Å². The van der Waals surface area contributed by atoms with Crippen molar-refractivity contribution in [2.24, 2.45) is 0 Å². The minimum atomic E-state index is -1.75. The molecule has 0 aliphatic rings. The van der Waals surface area contributed by atoms with Crippen molar-refractivity contribution < 1.29 is 19.4 Å². The molecule has 0 aromatic heterocycles. The first-order valence-corrected chi connectivity index (χ1v) is 4.33. The minimum absolute atomic E-state index is 0.696. The van der Waals surface area contributed by atoms with Crippen molar-refractivity contribution in [1.82, 2.24) is 5.32 Å². The molecule has 0 rings (SSSR count). The number of hydrogen-bond donors (Lipinski definition) is 2. The number of carbonyl (C=O) groups is 2. The number of rotatable bonds is 2. The van der Waals surface area contributed by atoms with Crippen molar-refractivity contribution in [2.45, 2.75) is 38.8 Å². The summed E-state index contributed by atoms with van der Waals surface area (Å²) in [6, 6.07) is 0. The molecule has 0 saturated carbocycles. The van der Waals surface area contributed by atoms with Gasteiger partial charge in [-0.05, 0) is 27.7 Å². The van der Waals surface area contributed by atoms with E-state index in [2.05, 4.69) is 5.32 Å². The molecule has 0 saturated heterocycles. The van der Waals surface area contributed by atoms with Gasteiger partial charge in [-0.25, -0.2) is 9.59 Å². The molecule has 0 aromatic rings. The van der Waals surface area contributed by atoms with E-state index in [4.69, 9.17) is 16.3 Å². The van der Waals surface area contributed by atoms with Crippen LogP contribution in [-0.4, -0.2) is 28.3 Å². The largest absolute Gasteiger partial charge is 0.479 e. The van der Waals surface area contributed by atoms with Gasteiger partial charge in [-0.3, -0.25) is 5.32 Å². The topological polar surface area (TPSA) is 75.6 Å². The maximum absolute atomic E-state index is 11.2. The lowest BCUT2D eigenvalue weighted by Gasteiger charge is -2.24. The summed E-state index contributed by atoms with van der Waals surface area (Å²) in [4.78, 5) is 22.0. The van der Waals surface area contributed by atoms with Crippen LogP contribution in [0.1, 0.15) is 27.7 Å². The summed E-state index contributed by atoms with van der Waals surface area (Å²) in [5, 5.41) is 10.9. The second-order valence-corrected chi connectivity index (χ2v) is 4.20. The number of aliphatic carboxylic acids is 1. The zero-order valence-electron chi connectivity index (χ0n) is 9.25. The van der Waals surface area contributed by atoms with Crippen LogP contribution in [0.2, 0.25) is 0 Å². The van der Waals surface area contributed by atoms with Gasteiger partial charge in [0, 0.05) is 0 Å². The van der Waals surface area contributed by atoms with Gasteiger partial charge in [-0.1, -0.05) is 5.92 Å². The molecule has 1 amide bonds. The molecule has 0 bridgehead atoms. The van der Waals surface area contributed by atoms with Gasteiger partial charge >= 0.3 is 12.1 Å². The van der Waals surface area contributed by atoms with Gasteiger partial charge in [0.05, 0.1) is 0 Å². The minimum Gasteiger partial charge on any atom is -0.479 e. The van der Waals surface area contributed by atoms with Crippen LogP contribution in [0.25, 0.3) is 0 Å². The summed E-state index contributed by atoms with van der Waals surface area (Å²) in [5.74, 6) is 0.674. The van der Waals surface area contributed by atoms with E-state index in [1.807, 2.05) is 5.92 Å². The maximum atomic E-state index is 11.2. The number of nitrogens with one attached hydrogen (secondary N) is 1. The van der Waals surface area contributed by atoms with Crippen LogP contribution in [0.3, 0.4) is 0 Å². The lowest BCUT2D eigenvalue weighted by Crippen LogP contribution is -2.52. The zero-order valence-corrected chi connectivity index (χ0v) is 9.25. The summed E-state index contributed by atoms with van der Waals surface area (Å²) >= 11 is 0. The molecule has 2 N–H and O–H groups in total.